The lowest BCUT2D eigenvalue weighted by Crippen LogP contribution is -2.43. The molecule has 0 aliphatic carbocycles. The van der Waals surface area contributed by atoms with Crippen LogP contribution in [0.3, 0.4) is 0 Å². The van der Waals surface area contributed by atoms with Crippen LogP contribution in [0, 0.1) is 5.82 Å². The zero-order chi connectivity index (χ0) is 12.2. The zero-order valence-electron chi connectivity index (χ0n) is 9.92. The predicted octanol–water partition coefficient (Wildman–Crippen LogP) is 1.74. The Balaban J connectivity index is 2.78. The summed E-state index contributed by atoms with van der Waals surface area (Å²) in [7, 11) is 3.04. The molecule has 0 aliphatic heterocycles. The Morgan fingerprint density at radius 3 is 2.56 bits per heavy atom. The average Bonchev–Trinajstić information content (AvgIpc) is 2.17. The summed E-state index contributed by atoms with van der Waals surface area (Å²) in [4.78, 5) is 0. The molecule has 0 bridgehead atoms. The van der Waals surface area contributed by atoms with Crippen molar-refractivity contribution in [2.24, 2.45) is 5.73 Å². The first-order valence-electron chi connectivity index (χ1n) is 5.09. The van der Waals surface area contributed by atoms with Crippen molar-refractivity contribution < 1.29 is 13.9 Å². The van der Waals surface area contributed by atoms with Crippen molar-refractivity contribution in [2.75, 3.05) is 20.8 Å². The van der Waals surface area contributed by atoms with Crippen LogP contribution in [0.2, 0.25) is 0 Å². The number of hydrogen-bond donors (Lipinski definition) is 1. The molecule has 1 unspecified atom stereocenters. The molecule has 0 saturated carbocycles. The second kappa shape index (κ2) is 5.27. The van der Waals surface area contributed by atoms with E-state index in [1.165, 1.54) is 13.2 Å². The van der Waals surface area contributed by atoms with Gasteiger partial charge in [0.25, 0.3) is 0 Å². The zero-order valence-corrected chi connectivity index (χ0v) is 9.92. The molecule has 0 heterocycles. The number of nitrogens with two attached hydrogens (primary N) is 1. The van der Waals surface area contributed by atoms with E-state index in [4.69, 9.17) is 15.2 Å². The molecule has 0 radical (unpaired) electrons. The summed E-state index contributed by atoms with van der Waals surface area (Å²) in [5.41, 5.74) is 6.34. The van der Waals surface area contributed by atoms with Gasteiger partial charge in [0.1, 0.15) is 0 Å². The van der Waals surface area contributed by atoms with Crippen molar-refractivity contribution in [3.8, 4) is 5.75 Å². The molecule has 90 valence electrons. The molecule has 0 fully saturated rings. The van der Waals surface area contributed by atoms with Gasteiger partial charge in [-0.05, 0) is 31.0 Å². The highest BCUT2D eigenvalue weighted by molar-refractivity contribution is 5.30. The Kier molecular flexibility index (Phi) is 4.26. The fourth-order valence-corrected chi connectivity index (χ4v) is 1.67. The minimum absolute atomic E-state index is 0.245. The summed E-state index contributed by atoms with van der Waals surface area (Å²) < 4.78 is 23.3. The first-order valence-corrected chi connectivity index (χ1v) is 5.09. The van der Waals surface area contributed by atoms with Crippen LogP contribution in [-0.2, 0) is 11.2 Å². The van der Waals surface area contributed by atoms with E-state index >= 15 is 0 Å². The number of benzene rings is 1. The Bertz CT molecular complexity index is 353. The van der Waals surface area contributed by atoms with Gasteiger partial charge in [-0.3, -0.25) is 0 Å². The summed E-state index contributed by atoms with van der Waals surface area (Å²) in [6.07, 6.45) is 0.557. The Hall–Kier alpha value is -1.13. The molecule has 0 amide bonds. The second-order valence-corrected chi connectivity index (χ2v) is 4.23. The molecule has 2 N–H and O–H groups in total. The number of rotatable bonds is 5. The summed E-state index contributed by atoms with van der Waals surface area (Å²) in [5, 5.41) is 0. The number of methoxy groups -OCH3 is 2. The van der Waals surface area contributed by atoms with E-state index in [2.05, 4.69) is 0 Å². The third-order valence-electron chi connectivity index (χ3n) is 2.30. The SMILES string of the molecule is COCC(C)(N)Cc1ccc(OC)c(F)c1. The highest BCUT2D eigenvalue weighted by Gasteiger charge is 2.19. The van der Waals surface area contributed by atoms with Gasteiger partial charge in [-0.15, -0.1) is 0 Å². The van der Waals surface area contributed by atoms with E-state index in [-0.39, 0.29) is 11.6 Å². The average molecular weight is 227 g/mol. The molecule has 0 aromatic heterocycles. The molecule has 1 rings (SSSR count). The van der Waals surface area contributed by atoms with Crippen LogP contribution in [-0.4, -0.2) is 26.4 Å². The van der Waals surface area contributed by atoms with Gasteiger partial charge in [0.15, 0.2) is 11.6 Å². The quantitative estimate of drug-likeness (QED) is 0.833. The maximum absolute atomic E-state index is 13.4. The molecule has 3 nitrogen and oxygen atoms in total. The van der Waals surface area contributed by atoms with Crippen LogP contribution in [0.25, 0.3) is 0 Å². The Labute approximate surface area is 95.4 Å². The van der Waals surface area contributed by atoms with E-state index in [9.17, 15) is 4.39 Å². The van der Waals surface area contributed by atoms with Crippen molar-refractivity contribution in [3.63, 3.8) is 0 Å². The van der Waals surface area contributed by atoms with Crippen LogP contribution < -0.4 is 10.5 Å². The third kappa shape index (κ3) is 3.47. The molecule has 0 saturated heterocycles. The van der Waals surface area contributed by atoms with Gasteiger partial charge in [0.05, 0.1) is 13.7 Å². The summed E-state index contributed by atoms with van der Waals surface area (Å²) in [6, 6.07) is 4.86. The molecule has 1 aromatic rings. The highest BCUT2D eigenvalue weighted by atomic mass is 19.1. The van der Waals surface area contributed by atoms with Gasteiger partial charge in [0, 0.05) is 12.6 Å². The van der Waals surface area contributed by atoms with Crippen LogP contribution in [0.4, 0.5) is 4.39 Å². The van der Waals surface area contributed by atoms with Gasteiger partial charge >= 0.3 is 0 Å². The second-order valence-electron chi connectivity index (χ2n) is 4.23. The van der Waals surface area contributed by atoms with E-state index in [0.29, 0.717) is 13.0 Å². The van der Waals surface area contributed by atoms with Crippen molar-refractivity contribution in [1.82, 2.24) is 0 Å². The highest BCUT2D eigenvalue weighted by Crippen LogP contribution is 2.20. The predicted molar refractivity (Wildman–Crippen MR) is 61.1 cm³/mol. The van der Waals surface area contributed by atoms with Gasteiger partial charge in [-0.25, -0.2) is 4.39 Å². The third-order valence-corrected chi connectivity index (χ3v) is 2.30. The lowest BCUT2D eigenvalue weighted by Gasteiger charge is -2.23. The van der Waals surface area contributed by atoms with Crippen molar-refractivity contribution in [2.45, 2.75) is 18.9 Å². The molecule has 16 heavy (non-hydrogen) atoms. The number of hydrogen-bond acceptors (Lipinski definition) is 3. The Morgan fingerprint density at radius 2 is 2.06 bits per heavy atom. The van der Waals surface area contributed by atoms with Gasteiger partial charge < -0.3 is 15.2 Å². The van der Waals surface area contributed by atoms with Crippen LogP contribution in [0.1, 0.15) is 12.5 Å². The van der Waals surface area contributed by atoms with Crippen molar-refractivity contribution in [3.05, 3.63) is 29.6 Å². The molecular weight excluding hydrogens is 209 g/mol. The van der Waals surface area contributed by atoms with Crippen molar-refractivity contribution >= 4 is 0 Å². The smallest absolute Gasteiger partial charge is 0.165 e. The first-order chi connectivity index (χ1) is 7.48. The van der Waals surface area contributed by atoms with Gasteiger partial charge in [-0.2, -0.15) is 0 Å². The fourth-order valence-electron chi connectivity index (χ4n) is 1.67. The molecule has 4 heteroatoms. The van der Waals surface area contributed by atoms with Gasteiger partial charge in [0.2, 0.25) is 0 Å². The lowest BCUT2D eigenvalue weighted by molar-refractivity contribution is 0.141. The van der Waals surface area contributed by atoms with E-state index in [1.807, 2.05) is 13.0 Å². The molecular formula is C12H18FNO2. The van der Waals surface area contributed by atoms with E-state index in [0.717, 1.165) is 5.56 Å². The normalized spacial score (nSPS) is 14.6. The minimum atomic E-state index is -0.490. The van der Waals surface area contributed by atoms with Crippen LogP contribution in [0.15, 0.2) is 18.2 Å². The fraction of sp³-hybridized carbons (Fsp3) is 0.500. The summed E-state index contributed by atoms with van der Waals surface area (Å²) >= 11 is 0. The van der Waals surface area contributed by atoms with E-state index < -0.39 is 5.54 Å². The lowest BCUT2D eigenvalue weighted by atomic mass is 9.95. The first kappa shape index (κ1) is 12.9. The standard InChI is InChI=1S/C12H18FNO2/c1-12(14,8-15-2)7-9-4-5-11(16-3)10(13)6-9/h4-6H,7-8,14H2,1-3H3. The molecule has 1 aromatic carbocycles. The maximum Gasteiger partial charge on any atom is 0.165 e. The molecule has 0 spiro atoms. The topological polar surface area (TPSA) is 44.5 Å². The Morgan fingerprint density at radius 1 is 1.38 bits per heavy atom. The van der Waals surface area contributed by atoms with Gasteiger partial charge in [-0.1, -0.05) is 6.07 Å². The van der Waals surface area contributed by atoms with Crippen LogP contribution >= 0.6 is 0 Å². The molecule has 1 atom stereocenters. The molecule has 0 aliphatic rings. The van der Waals surface area contributed by atoms with Crippen LogP contribution in [0.5, 0.6) is 5.75 Å². The van der Waals surface area contributed by atoms with E-state index in [1.54, 1.807) is 13.2 Å². The van der Waals surface area contributed by atoms with Crippen molar-refractivity contribution in [1.29, 1.82) is 0 Å². The largest absolute Gasteiger partial charge is 0.494 e. The number of halogens is 1. The maximum atomic E-state index is 13.4. The summed E-state index contributed by atoms with van der Waals surface area (Å²) in [6.45, 7) is 2.30. The number of ether oxygens (including phenoxy) is 2. The summed E-state index contributed by atoms with van der Waals surface area (Å²) in [5.74, 6) is -0.123. The minimum Gasteiger partial charge on any atom is -0.494 e. The monoisotopic (exact) mass is 227 g/mol.